The van der Waals surface area contributed by atoms with Crippen molar-refractivity contribution in [3.63, 3.8) is 0 Å². The summed E-state index contributed by atoms with van der Waals surface area (Å²) >= 11 is 23.5. The number of halogens is 3. The fourth-order valence-electron chi connectivity index (χ4n) is 1.71. The van der Waals surface area contributed by atoms with Gasteiger partial charge < -0.3 is 10.2 Å². The van der Waals surface area contributed by atoms with Gasteiger partial charge in [0.15, 0.2) is 5.11 Å². The Morgan fingerprint density at radius 3 is 2.67 bits per heavy atom. The first-order chi connectivity index (χ1) is 9.88. The van der Waals surface area contributed by atoms with E-state index in [9.17, 15) is 0 Å². The first kappa shape index (κ1) is 16.4. The first-order valence-corrected chi connectivity index (χ1v) is 7.56. The lowest BCUT2D eigenvalue weighted by atomic mass is 10.3. The molecule has 21 heavy (non-hydrogen) atoms. The predicted molar refractivity (Wildman–Crippen MR) is 92.4 cm³/mol. The number of anilines is 1. The highest BCUT2D eigenvalue weighted by atomic mass is 35.5. The average molecular weight is 364 g/mol. The smallest absolute Gasteiger partial charge is 0.173 e. The van der Waals surface area contributed by atoms with Crippen LogP contribution < -0.4 is 5.32 Å². The summed E-state index contributed by atoms with van der Waals surface area (Å²) in [7, 11) is 3.69. The molecule has 1 heterocycles. The number of aryl methyl sites for hydroxylation is 1. The Morgan fingerprint density at radius 2 is 2.05 bits per heavy atom. The van der Waals surface area contributed by atoms with E-state index >= 15 is 0 Å². The van der Waals surface area contributed by atoms with E-state index in [1.54, 1.807) is 29.1 Å². The van der Waals surface area contributed by atoms with Gasteiger partial charge in [-0.25, -0.2) is 0 Å². The molecule has 0 atom stereocenters. The van der Waals surface area contributed by atoms with E-state index in [4.69, 9.17) is 47.0 Å². The normalized spacial score (nSPS) is 10.5. The van der Waals surface area contributed by atoms with Crippen molar-refractivity contribution in [2.75, 3.05) is 12.4 Å². The second-order valence-corrected chi connectivity index (χ2v) is 6.11. The fourth-order valence-corrected chi connectivity index (χ4v) is 2.45. The number of hydrogen-bond acceptors (Lipinski definition) is 2. The molecule has 8 heteroatoms. The Hall–Kier alpha value is -1.01. The SMILES string of the molecule is CN(Cc1c(Cl)cnn1C)C(=S)Nc1cc(Cl)ccc1Cl. The van der Waals surface area contributed by atoms with Gasteiger partial charge in [0.1, 0.15) is 0 Å². The molecule has 0 unspecified atom stereocenters. The minimum absolute atomic E-state index is 0.511. The summed E-state index contributed by atoms with van der Waals surface area (Å²) in [4.78, 5) is 1.84. The maximum atomic E-state index is 6.10. The highest BCUT2D eigenvalue weighted by molar-refractivity contribution is 7.80. The van der Waals surface area contributed by atoms with Gasteiger partial charge in [0.05, 0.1) is 34.2 Å². The molecular weight excluding hydrogens is 351 g/mol. The second kappa shape index (κ2) is 6.83. The van der Waals surface area contributed by atoms with Crippen LogP contribution in [0.4, 0.5) is 5.69 Å². The molecule has 0 amide bonds. The van der Waals surface area contributed by atoms with E-state index in [1.165, 1.54) is 0 Å². The third kappa shape index (κ3) is 4.01. The molecule has 0 aliphatic carbocycles. The molecule has 1 aromatic carbocycles. The molecule has 0 radical (unpaired) electrons. The van der Waals surface area contributed by atoms with Crippen LogP contribution in [0, 0.1) is 0 Å². The predicted octanol–water partition coefficient (Wildman–Crippen LogP) is 4.21. The van der Waals surface area contributed by atoms with Gasteiger partial charge in [0.25, 0.3) is 0 Å². The summed E-state index contributed by atoms with van der Waals surface area (Å²) in [5.74, 6) is 0. The van der Waals surface area contributed by atoms with Gasteiger partial charge >= 0.3 is 0 Å². The molecule has 4 nitrogen and oxygen atoms in total. The van der Waals surface area contributed by atoms with E-state index in [0.29, 0.717) is 32.4 Å². The zero-order valence-electron chi connectivity index (χ0n) is 11.4. The van der Waals surface area contributed by atoms with Crippen LogP contribution in [0.2, 0.25) is 15.1 Å². The fraction of sp³-hybridized carbons (Fsp3) is 0.231. The zero-order chi connectivity index (χ0) is 15.6. The Labute approximate surface area is 143 Å². The van der Waals surface area contributed by atoms with Crippen LogP contribution in [0.3, 0.4) is 0 Å². The van der Waals surface area contributed by atoms with E-state index in [2.05, 4.69) is 10.4 Å². The zero-order valence-corrected chi connectivity index (χ0v) is 14.5. The van der Waals surface area contributed by atoms with Crippen molar-refractivity contribution in [1.29, 1.82) is 0 Å². The van der Waals surface area contributed by atoms with Gasteiger partial charge in [-0.2, -0.15) is 5.10 Å². The van der Waals surface area contributed by atoms with Crippen molar-refractivity contribution in [3.8, 4) is 0 Å². The molecular formula is C13H13Cl3N4S. The summed E-state index contributed by atoms with van der Waals surface area (Å²) in [5.41, 5.74) is 1.54. The van der Waals surface area contributed by atoms with Crippen molar-refractivity contribution >= 4 is 57.8 Å². The summed E-state index contributed by atoms with van der Waals surface area (Å²) in [5, 5.41) is 9.41. The number of aromatic nitrogens is 2. The van der Waals surface area contributed by atoms with Crippen LogP contribution in [0.1, 0.15) is 5.69 Å². The van der Waals surface area contributed by atoms with Crippen molar-refractivity contribution in [1.82, 2.24) is 14.7 Å². The van der Waals surface area contributed by atoms with Crippen molar-refractivity contribution in [3.05, 3.63) is 45.2 Å². The Balaban J connectivity index is 2.08. The largest absolute Gasteiger partial charge is 0.346 e. The monoisotopic (exact) mass is 362 g/mol. The Morgan fingerprint density at radius 1 is 1.33 bits per heavy atom. The molecule has 0 aliphatic rings. The molecule has 0 aliphatic heterocycles. The van der Waals surface area contributed by atoms with Gasteiger partial charge in [0, 0.05) is 19.1 Å². The number of nitrogens with zero attached hydrogens (tertiary/aromatic N) is 3. The summed E-state index contributed by atoms with van der Waals surface area (Å²) < 4.78 is 1.72. The van der Waals surface area contributed by atoms with E-state index < -0.39 is 0 Å². The summed E-state index contributed by atoms with van der Waals surface area (Å²) in [6.45, 7) is 0.527. The molecule has 2 aromatic rings. The number of benzene rings is 1. The summed E-state index contributed by atoms with van der Waals surface area (Å²) in [6, 6.07) is 5.16. The molecule has 0 saturated heterocycles. The molecule has 2 rings (SSSR count). The topological polar surface area (TPSA) is 33.1 Å². The minimum Gasteiger partial charge on any atom is -0.346 e. The van der Waals surface area contributed by atoms with Gasteiger partial charge in [-0.05, 0) is 30.4 Å². The molecule has 0 fully saturated rings. The van der Waals surface area contributed by atoms with Crippen LogP contribution in [0.15, 0.2) is 24.4 Å². The molecule has 0 saturated carbocycles. The maximum Gasteiger partial charge on any atom is 0.173 e. The molecule has 0 bridgehead atoms. The summed E-state index contributed by atoms with van der Waals surface area (Å²) in [6.07, 6.45) is 1.61. The third-order valence-corrected chi connectivity index (χ3v) is 4.21. The highest BCUT2D eigenvalue weighted by Gasteiger charge is 2.13. The Kier molecular flexibility index (Phi) is 5.32. The average Bonchev–Trinajstić information content (AvgIpc) is 2.74. The van der Waals surface area contributed by atoms with E-state index in [1.807, 2.05) is 19.0 Å². The second-order valence-electron chi connectivity index (χ2n) is 4.47. The standard InChI is InChI=1S/C13H13Cl3N4S/c1-19(7-12-10(16)6-17-20(12)2)13(21)18-11-5-8(14)3-4-9(11)15/h3-6H,7H2,1-2H3,(H,18,21). The number of thiocarbonyl (C=S) groups is 1. The lowest BCUT2D eigenvalue weighted by Gasteiger charge is -2.21. The maximum absolute atomic E-state index is 6.10. The minimum atomic E-state index is 0.511. The number of rotatable bonds is 3. The van der Waals surface area contributed by atoms with Crippen LogP contribution >= 0.6 is 47.0 Å². The van der Waals surface area contributed by atoms with Crippen LogP contribution in [0.25, 0.3) is 0 Å². The van der Waals surface area contributed by atoms with Crippen LogP contribution in [-0.4, -0.2) is 26.8 Å². The lowest BCUT2D eigenvalue weighted by molar-refractivity contribution is 0.482. The van der Waals surface area contributed by atoms with Crippen molar-refractivity contribution < 1.29 is 0 Å². The van der Waals surface area contributed by atoms with Crippen molar-refractivity contribution in [2.45, 2.75) is 6.54 Å². The Bertz CT molecular complexity index is 652. The van der Waals surface area contributed by atoms with Gasteiger partial charge in [-0.3, -0.25) is 4.68 Å². The van der Waals surface area contributed by atoms with Gasteiger partial charge in [-0.1, -0.05) is 34.8 Å². The van der Waals surface area contributed by atoms with Crippen LogP contribution in [-0.2, 0) is 13.6 Å². The molecule has 1 aromatic heterocycles. The number of nitrogens with one attached hydrogen (secondary N) is 1. The highest BCUT2D eigenvalue weighted by Crippen LogP contribution is 2.26. The van der Waals surface area contributed by atoms with E-state index in [-0.39, 0.29) is 0 Å². The molecule has 0 spiro atoms. The molecule has 1 N–H and O–H groups in total. The van der Waals surface area contributed by atoms with Gasteiger partial charge in [0.2, 0.25) is 0 Å². The van der Waals surface area contributed by atoms with Crippen molar-refractivity contribution in [2.24, 2.45) is 7.05 Å². The lowest BCUT2D eigenvalue weighted by Crippen LogP contribution is -2.31. The van der Waals surface area contributed by atoms with Gasteiger partial charge in [-0.15, -0.1) is 0 Å². The first-order valence-electron chi connectivity index (χ1n) is 6.02. The van der Waals surface area contributed by atoms with E-state index in [0.717, 1.165) is 5.69 Å². The molecule has 112 valence electrons. The quantitative estimate of drug-likeness (QED) is 0.828. The third-order valence-electron chi connectivity index (χ3n) is 2.91. The number of hydrogen-bond donors (Lipinski definition) is 1. The van der Waals surface area contributed by atoms with Crippen LogP contribution in [0.5, 0.6) is 0 Å².